The summed E-state index contributed by atoms with van der Waals surface area (Å²) in [5, 5.41) is 7.51. The standard InChI is InChI=1S/C20H23ClN6O/c1-14-10-18(15(2)27(14)20-22-13-23-24-20)19(28)12-25-6-8-26(9-7-25)17-5-3-4-16(21)11-17/h3-5,10-11,13H,6-9,12H2,1-2H3,(H,22,23,24). The fourth-order valence-electron chi connectivity index (χ4n) is 3.80. The van der Waals surface area contributed by atoms with Crippen molar-refractivity contribution in [3.63, 3.8) is 0 Å². The number of rotatable bonds is 5. The highest BCUT2D eigenvalue weighted by atomic mass is 35.5. The summed E-state index contributed by atoms with van der Waals surface area (Å²) in [6.07, 6.45) is 1.47. The third kappa shape index (κ3) is 3.68. The van der Waals surface area contributed by atoms with E-state index in [1.165, 1.54) is 6.33 Å². The number of piperazine rings is 1. The second-order valence-corrected chi connectivity index (χ2v) is 7.53. The van der Waals surface area contributed by atoms with Crippen LogP contribution in [0.1, 0.15) is 21.7 Å². The normalized spacial score (nSPS) is 15.2. The van der Waals surface area contributed by atoms with Crippen LogP contribution in [0.25, 0.3) is 5.95 Å². The fourth-order valence-corrected chi connectivity index (χ4v) is 3.99. The lowest BCUT2D eigenvalue weighted by Gasteiger charge is -2.35. The molecule has 0 saturated carbocycles. The molecule has 0 amide bonds. The molecule has 7 nitrogen and oxygen atoms in total. The summed E-state index contributed by atoms with van der Waals surface area (Å²) in [5.41, 5.74) is 3.72. The summed E-state index contributed by atoms with van der Waals surface area (Å²) in [7, 11) is 0. The Labute approximate surface area is 168 Å². The van der Waals surface area contributed by atoms with Crippen LogP contribution in [0.5, 0.6) is 0 Å². The average Bonchev–Trinajstić information content (AvgIpc) is 3.30. The van der Waals surface area contributed by atoms with E-state index in [-0.39, 0.29) is 5.78 Å². The van der Waals surface area contributed by atoms with Crippen LogP contribution in [-0.4, -0.2) is 63.2 Å². The van der Waals surface area contributed by atoms with Crippen molar-refractivity contribution >= 4 is 23.1 Å². The first-order chi connectivity index (χ1) is 13.5. The minimum Gasteiger partial charge on any atom is -0.369 e. The molecule has 1 fully saturated rings. The number of nitrogens with one attached hydrogen (secondary N) is 1. The molecule has 28 heavy (non-hydrogen) atoms. The number of carbonyl (C=O) groups is 1. The van der Waals surface area contributed by atoms with Gasteiger partial charge in [-0.3, -0.25) is 14.3 Å². The molecule has 0 radical (unpaired) electrons. The molecule has 3 heterocycles. The van der Waals surface area contributed by atoms with Crippen LogP contribution < -0.4 is 4.90 Å². The van der Waals surface area contributed by atoms with Crippen LogP contribution in [0, 0.1) is 13.8 Å². The van der Waals surface area contributed by atoms with Crippen molar-refractivity contribution in [2.24, 2.45) is 0 Å². The molecule has 1 aliphatic rings. The number of aromatic amines is 1. The summed E-state index contributed by atoms with van der Waals surface area (Å²) in [4.78, 5) is 21.7. The van der Waals surface area contributed by atoms with Crippen molar-refractivity contribution in [3.8, 4) is 5.95 Å². The van der Waals surface area contributed by atoms with Crippen LogP contribution in [0.3, 0.4) is 0 Å². The summed E-state index contributed by atoms with van der Waals surface area (Å²) in [6.45, 7) is 7.79. The van der Waals surface area contributed by atoms with Crippen molar-refractivity contribution in [1.82, 2.24) is 24.6 Å². The third-order valence-electron chi connectivity index (χ3n) is 5.26. The average molecular weight is 399 g/mol. The Morgan fingerprint density at radius 2 is 1.96 bits per heavy atom. The summed E-state index contributed by atoms with van der Waals surface area (Å²) >= 11 is 6.10. The van der Waals surface area contributed by atoms with E-state index in [4.69, 9.17) is 11.6 Å². The highest BCUT2D eigenvalue weighted by molar-refractivity contribution is 6.30. The minimum atomic E-state index is 0.134. The third-order valence-corrected chi connectivity index (χ3v) is 5.49. The molecule has 1 aromatic carbocycles. The van der Waals surface area contributed by atoms with Gasteiger partial charge in [-0.15, -0.1) is 0 Å². The lowest BCUT2D eigenvalue weighted by atomic mass is 10.1. The Bertz CT molecular complexity index is 973. The molecule has 0 bridgehead atoms. The smallest absolute Gasteiger partial charge is 0.229 e. The number of benzene rings is 1. The van der Waals surface area contributed by atoms with E-state index < -0.39 is 0 Å². The summed E-state index contributed by atoms with van der Waals surface area (Å²) < 4.78 is 1.93. The zero-order valence-corrected chi connectivity index (χ0v) is 16.8. The first kappa shape index (κ1) is 18.7. The van der Waals surface area contributed by atoms with Gasteiger partial charge in [0.1, 0.15) is 6.33 Å². The van der Waals surface area contributed by atoms with E-state index in [0.29, 0.717) is 12.5 Å². The molecular weight excluding hydrogens is 376 g/mol. The molecule has 0 unspecified atom stereocenters. The van der Waals surface area contributed by atoms with Crippen molar-refractivity contribution in [1.29, 1.82) is 0 Å². The number of H-pyrrole nitrogens is 1. The monoisotopic (exact) mass is 398 g/mol. The highest BCUT2D eigenvalue weighted by Crippen LogP contribution is 2.22. The number of aromatic nitrogens is 4. The van der Waals surface area contributed by atoms with Gasteiger partial charge in [0.25, 0.3) is 0 Å². The second-order valence-electron chi connectivity index (χ2n) is 7.10. The second kappa shape index (κ2) is 7.77. The van der Waals surface area contributed by atoms with E-state index in [1.54, 1.807) is 0 Å². The van der Waals surface area contributed by atoms with Gasteiger partial charge in [-0.25, -0.2) is 5.10 Å². The number of ketones is 1. The molecule has 146 valence electrons. The Morgan fingerprint density at radius 1 is 1.18 bits per heavy atom. The number of nitrogens with zero attached hydrogens (tertiary/aromatic N) is 5. The lowest BCUT2D eigenvalue weighted by Crippen LogP contribution is -2.48. The molecule has 0 atom stereocenters. The number of anilines is 1. The van der Waals surface area contributed by atoms with Crippen molar-refractivity contribution in [2.45, 2.75) is 13.8 Å². The van der Waals surface area contributed by atoms with Crippen molar-refractivity contribution in [2.75, 3.05) is 37.6 Å². The maximum Gasteiger partial charge on any atom is 0.229 e. The zero-order chi connectivity index (χ0) is 19.7. The van der Waals surface area contributed by atoms with Crippen LogP contribution >= 0.6 is 11.6 Å². The molecule has 0 aliphatic carbocycles. The quantitative estimate of drug-likeness (QED) is 0.669. The van der Waals surface area contributed by atoms with Crippen molar-refractivity contribution in [3.05, 3.63) is 58.6 Å². The van der Waals surface area contributed by atoms with E-state index in [1.807, 2.05) is 42.7 Å². The maximum atomic E-state index is 12.9. The molecule has 1 saturated heterocycles. The van der Waals surface area contributed by atoms with Gasteiger partial charge in [-0.05, 0) is 38.1 Å². The molecule has 3 aromatic rings. The van der Waals surface area contributed by atoms with Gasteiger partial charge in [0.05, 0.1) is 6.54 Å². The van der Waals surface area contributed by atoms with Gasteiger partial charge < -0.3 is 4.90 Å². The van der Waals surface area contributed by atoms with E-state index in [0.717, 1.165) is 53.8 Å². The van der Waals surface area contributed by atoms with Gasteiger partial charge in [-0.2, -0.15) is 10.1 Å². The SMILES string of the molecule is Cc1cc(C(=O)CN2CCN(c3cccc(Cl)c3)CC2)c(C)n1-c1ncn[nH]1. The van der Waals surface area contributed by atoms with E-state index in [9.17, 15) is 4.79 Å². The number of aryl methyl sites for hydroxylation is 1. The molecule has 4 rings (SSSR count). The Balaban J connectivity index is 1.41. The van der Waals surface area contributed by atoms with Crippen LogP contribution in [-0.2, 0) is 0 Å². The van der Waals surface area contributed by atoms with Gasteiger partial charge >= 0.3 is 0 Å². The Kier molecular flexibility index (Phi) is 5.19. The number of hydrogen-bond donors (Lipinski definition) is 1. The summed E-state index contributed by atoms with van der Waals surface area (Å²) in [5.74, 6) is 0.763. The predicted molar refractivity (Wildman–Crippen MR) is 110 cm³/mol. The molecule has 2 aromatic heterocycles. The number of Topliss-reactive ketones (excluding diaryl/α,β-unsaturated/α-hetero) is 1. The number of hydrogen-bond acceptors (Lipinski definition) is 5. The minimum absolute atomic E-state index is 0.134. The molecular formula is C20H23ClN6O. The first-order valence-corrected chi connectivity index (χ1v) is 9.71. The van der Waals surface area contributed by atoms with Gasteiger partial charge in [0, 0.05) is 53.8 Å². The van der Waals surface area contributed by atoms with Crippen LogP contribution in [0.2, 0.25) is 5.02 Å². The zero-order valence-electron chi connectivity index (χ0n) is 16.0. The van der Waals surface area contributed by atoms with Gasteiger partial charge in [0.15, 0.2) is 5.78 Å². The number of carbonyl (C=O) groups excluding carboxylic acids is 1. The molecule has 8 heteroatoms. The highest BCUT2D eigenvalue weighted by Gasteiger charge is 2.23. The molecule has 1 aliphatic heterocycles. The maximum absolute atomic E-state index is 12.9. The van der Waals surface area contributed by atoms with Gasteiger partial charge in [0.2, 0.25) is 5.95 Å². The predicted octanol–water partition coefficient (Wildman–Crippen LogP) is 2.87. The van der Waals surface area contributed by atoms with Crippen LogP contribution in [0.4, 0.5) is 5.69 Å². The van der Waals surface area contributed by atoms with E-state index in [2.05, 4.69) is 31.0 Å². The largest absolute Gasteiger partial charge is 0.369 e. The van der Waals surface area contributed by atoms with Gasteiger partial charge in [-0.1, -0.05) is 17.7 Å². The van der Waals surface area contributed by atoms with E-state index >= 15 is 0 Å². The summed E-state index contributed by atoms with van der Waals surface area (Å²) in [6, 6.07) is 9.85. The molecule has 0 spiro atoms. The lowest BCUT2D eigenvalue weighted by molar-refractivity contribution is 0.0926. The van der Waals surface area contributed by atoms with Crippen LogP contribution in [0.15, 0.2) is 36.7 Å². The first-order valence-electron chi connectivity index (χ1n) is 9.33. The Morgan fingerprint density at radius 3 is 2.64 bits per heavy atom. The van der Waals surface area contributed by atoms with Crippen molar-refractivity contribution < 1.29 is 4.79 Å². The topological polar surface area (TPSA) is 70.1 Å². The number of halogens is 1. The fraction of sp³-hybridized carbons (Fsp3) is 0.350. The Hall–Kier alpha value is -2.64. The molecule has 1 N–H and O–H groups in total.